The van der Waals surface area contributed by atoms with Crippen LogP contribution in [0.2, 0.25) is 0 Å². The van der Waals surface area contributed by atoms with E-state index in [-0.39, 0.29) is 34.1 Å². The molecule has 2 aromatic rings. The van der Waals surface area contributed by atoms with Gasteiger partial charge in [0.05, 0.1) is 6.42 Å². The van der Waals surface area contributed by atoms with E-state index in [0.29, 0.717) is 0 Å². The van der Waals surface area contributed by atoms with Crippen LogP contribution in [-0.2, 0) is 19.2 Å². The monoisotopic (exact) mass is 935 g/mol. The van der Waals surface area contributed by atoms with Crippen molar-refractivity contribution in [3.8, 4) is 23.0 Å². The number of carbonyl (C=O) groups excluding carboxylic acids is 4. The van der Waals surface area contributed by atoms with Gasteiger partial charge in [0.15, 0.2) is 34.6 Å². The van der Waals surface area contributed by atoms with Crippen LogP contribution in [0.3, 0.4) is 0 Å². The van der Waals surface area contributed by atoms with E-state index in [1.807, 2.05) is 66.8 Å². The number of ether oxygens (including phenoxy) is 2. The van der Waals surface area contributed by atoms with Crippen LogP contribution in [0.4, 0.5) is 0 Å². The van der Waals surface area contributed by atoms with Crippen molar-refractivity contribution >= 4 is 35.7 Å². The molecule has 8 nitrogen and oxygen atoms in total. The van der Waals surface area contributed by atoms with Gasteiger partial charge in [0.1, 0.15) is 0 Å². The van der Waals surface area contributed by atoms with E-state index in [9.17, 15) is 29.4 Å². The van der Waals surface area contributed by atoms with Gasteiger partial charge in [-0.3, -0.25) is 9.59 Å². The Labute approximate surface area is 412 Å². The Kier molecular flexibility index (Phi) is 33.7. The molecule has 0 aliphatic rings. The molecule has 0 unspecified atom stereocenters. The summed E-state index contributed by atoms with van der Waals surface area (Å²) >= 11 is 0. The number of allylic oxidation sites excluding steroid dienone is 22. The average Bonchev–Trinajstić information content (AvgIpc) is 3.33. The van der Waals surface area contributed by atoms with Gasteiger partial charge in [-0.15, -0.1) is 0 Å². The van der Waals surface area contributed by atoms with Crippen molar-refractivity contribution in [3.05, 3.63) is 193 Å². The van der Waals surface area contributed by atoms with Gasteiger partial charge in [0.25, 0.3) is 0 Å². The zero-order valence-corrected chi connectivity index (χ0v) is 40.8. The molecule has 0 heterocycles. The van der Waals surface area contributed by atoms with Gasteiger partial charge < -0.3 is 19.7 Å². The highest BCUT2D eigenvalue weighted by molar-refractivity contribution is 6.11. The van der Waals surface area contributed by atoms with Crippen molar-refractivity contribution in [1.29, 1.82) is 0 Å². The van der Waals surface area contributed by atoms with Crippen LogP contribution in [0.5, 0.6) is 23.0 Å². The molecule has 8 heteroatoms. The first-order valence-corrected chi connectivity index (χ1v) is 24.6. The lowest BCUT2D eigenvalue weighted by Gasteiger charge is -2.08. The summed E-state index contributed by atoms with van der Waals surface area (Å²) in [6, 6.07) is 8.83. The molecule has 0 spiro atoms. The summed E-state index contributed by atoms with van der Waals surface area (Å²) in [5, 5.41) is 20.8. The molecule has 0 fully saturated rings. The Balaban J connectivity index is 1.81. The predicted octanol–water partition coefficient (Wildman–Crippen LogP) is 15.6. The van der Waals surface area contributed by atoms with Crippen LogP contribution in [0.1, 0.15) is 134 Å². The van der Waals surface area contributed by atoms with Crippen LogP contribution in [-0.4, -0.2) is 33.7 Å². The van der Waals surface area contributed by atoms with Gasteiger partial charge in [-0.2, -0.15) is 0 Å². The van der Waals surface area contributed by atoms with Gasteiger partial charge >= 0.3 is 11.9 Å². The zero-order chi connectivity index (χ0) is 49.8. The fourth-order valence-corrected chi connectivity index (χ4v) is 6.45. The molecule has 0 aromatic heterocycles. The summed E-state index contributed by atoms with van der Waals surface area (Å²) in [5.41, 5.74) is 0.489. The third-order valence-corrected chi connectivity index (χ3v) is 10.2. The normalized spacial score (nSPS) is 12.8. The number of hydrogen-bond donors (Lipinski definition) is 2. The topological polar surface area (TPSA) is 127 Å². The molecule has 0 radical (unpaired) electrons. The molecule has 0 saturated heterocycles. The van der Waals surface area contributed by atoms with Gasteiger partial charge in [-0.05, 0) is 62.1 Å². The van der Waals surface area contributed by atoms with Crippen LogP contribution in [0, 0.1) is 0 Å². The van der Waals surface area contributed by atoms with Crippen molar-refractivity contribution in [3.63, 3.8) is 0 Å². The number of carbonyl (C=O) groups is 4. The lowest BCUT2D eigenvalue weighted by Crippen LogP contribution is -2.06. The van der Waals surface area contributed by atoms with E-state index >= 15 is 0 Å². The second-order valence-electron chi connectivity index (χ2n) is 16.1. The van der Waals surface area contributed by atoms with E-state index in [1.165, 1.54) is 151 Å². The number of phenolic OH excluding ortho intramolecular Hbond substituents is 2. The number of ketones is 2. The lowest BCUT2D eigenvalue weighted by atomic mass is 10.1. The van der Waals surface area contributed by atoms with Gasteiger partial charge in [0.2, 0.25) is 0 Å². The van der Waals surface area contributed by atoms with Crippen LogP contribution in [0.25, 0.3) is 12.2 Å². The summed E-state index contributed by atoms with van der Waals surface area (Å²) in [7, 11) is 0. The average molecular weight is 935 g/mol. The Morgan fingerprint density at radius 2 is 0.725 bits per heavy atom. The smallest absolute Gasteiger partial charge is 0.336 e. The molecule has 0 aliphatic carbocycles. The molecule has 0 bridgehead atoms. The van der Waals surface area contributed by atoms with Crippen molar-refractivity contribution in [1.82, 2.24) is 0 Å². The minimum Gasteiger partial charge on any atom is -0.504 e. The number of esters is 2. The summed E-state index contributed by atoms with van der Waals surface area (Å²) in [6.07, 6.45) is 64.8. The Morgan fingerprint density at radius 3 is 1.09 bits per heavy atom. The Hall–Kier alpha value is -7.06. The summed E-state index contributed by atoms with van der Waals surface area (Å²) in [5.74, 6) is -3.51. The maximum atomic E-state index is 12.7. The number of rotatable bonds is 35. The molecule has 366 valence electrons. The van der Waals surface area contributed by atoms with Crippen molar-refractivity contribution < 1.29 is 38.9 Å². The first kappa shape index (κ1) is 58.1. The summed E-state index contributed by atoms with van der Waals surface area (Å²) < 4.78 is 10.7. The Bertz CT molecular complexity index is 2230. The SMILES string of the molecule is CCCCCCCCC/C=C/C=C/C=C/C=C\C=C\C=C\C(=O)Oc1c(O)cccc1/C=C\C(=O)CC(=O)/C=C/c1cccc(O)c1OC(=O)/C=C/C=C/C=C/C=C/C=C/CCCCCCCCC. The maximum Gasteiger partial charge on any atom is 0.336 e. The molecular formula is C61H74O8. The van der Waals surface area contributed by atoms with Crippen LogP contribution in [0.15, 0.2) is 182 Å². The number of phenols is 2. The van der Waals surface area contributed by atoms with Crippen molar-refractivity contribution in [2.45, 2.75) is 123 Å². The first-order chi connectivity index (χ1) is 33.7. The molecular weight excluding hydrogens is 861 g/mol. The maximum absolute atomic E-state index is 12.7. The van der Waals surface area contributed by atoms with E-state index < -0.39 is 29.9 Å². The predicted molar refractivity (Wildman–Crippen MR) is 286 cm³/mol. The van der Waals surface area contributed by atoms with Crippen LogP contribution >= 0.6 is 0 Å². The largest absolute Gasteiger partial charge is 0.504 e. The second-order valence-corrected chi connectivity index (χ2v) is 16.1. The van der Waals surface area contributed by atoms with Crippen LogP contribution < -0.4 is 9.47 Å². The fourth-order valence-electron chi connectivity index (χ4n) is 6.45. The van der Waals surface area contributed by atoms with E-state index in [0.717, 1.165) is 25.0 Å². The van der Waals surface area contributed by atoms with E-state index in [1.54, 1.807) is 36.4 Å². The third-order valence-electron chi connectivity index (χ3n) is 10.2. The van der Waals surface area contributed by atoms with Crippen molar-refractivity contribution in [2.24, 2.45) is 0 Å². The highest BCUT2D eigenvalue weighted by Gasteiger charge is 2.13. The zero-order valence-electron chi connectivity index (χ0n) is 40.8. The van der Waals surface area contributed by atoms with Gasteiger partial charge in [-0.1, -0.05) is 237 Å². The number of aromatic hydroxyl groups is 2. The number of para-hydroxylation sites is 2. The molecule has 0 saturated carbocycles. The summed E-state index contributed by atoms with van der Waals surface area (Å²) in [6.45, 7) is 4.47. The molecule has 0 amide bonds. The standard InChI is InChI=1S/C61H74O8/c1-3-5-7-9-11-13-15-17-19-21-22-24-26-28-30-32-34-36-38-46-59(67)69-61-53(42-40-44-57(61)65)48-50-55(63)51-54(62)49-47-52-41-39-43-56(64)60(52)68-58(66)45-37-35-33-31-29-27-25-23-20-18-16-14-12-10-8-6-4-2/h19-50,64-65H,3-18,51H2,1-2H3/b21-19+,23-20+,24-22+,27-25+,28-26+,31-29+,32-30-,35-33+,36-34+,45-37+,46-38+,49-47+,50-48-. The molecule has 0 atom stereocenters. The van der Waals surface area contributed by atoms with Crippen molar-refractivity contribution in [2.75, 3.05) is 0 Å². The quantitative estimate of drug-likeness (QED) is 0.0175. The first-order valence-electron chi connectivity index (χ1n) is 24.6. The highest BCUT2D eigenvalue weighted by Crippen LogP contribution is 2.32. The second kappa shape index (κ2) is 40.0. The number of unbranched alkanes of at least 4 members (excludes halogenated alkanes) is 14. The summed E-state index contributed by atoms with van der Waals surface area (Å²) in [4.78, 5) is 50.5. The highest BCUT2D eigenvalue weighted by atomic mass is 16.5. The molecule has 69 heavy (non-hydrogen) atoms. The minimum atomic E-state index is -0.745. The molecule has 0 aliphatic heterocycles. The third kappa shape index (κ3) is 30.8. The molecule has 2 aromatic carbocycles. The molecule has 2 rings (SSSR count). The van der Waals surface area contributed by atoms with Gasteiger partial charge in [-0.25, -0.2) is 9.59 Å². The minimum absolute atomic E-state index is 0.144. The lowest BCUT2D eigenvalue weighted by molar-refractivity contribution is -0.130. The van der Waals surface area contributed by atoms with E-state index in [4.69, 9.17) is 9.47 Å². The number of benzene rings is 2. The fraction of sp³-hybridized carbons (Fsp3) is 0.311. The van der Waals surface area contributed by atoms with Gasteiger partial charge in [0, 0.05) is 23.3 Å². The molecule has 2 N–H and O–H groups in total. The van der Waals surface area contributed by atoms with E-state index in [2.05, 4.69) is 32.1 Å². The Morgan fingerprint density at radius 1 is 0.406 bits per heavy atom. The number of hydrogen-bond acceptors (Lipinski definition) is 8.